The summed E-state index contributed by atoms with van der Waals surface area (Å²) in [6, 6.07) is 21.1. The Labute approximate surface area is 186 Å². The number of nitrogens with zero attached hydrogens (tertiary/aromatic N) is 1. The molecule has 0 radical (unpaired) electrons. The van der Waals surface area contributed by atoms with Crippen LogP contribution in [-0.4, -0.2) is 17.4 Å². The van der Waals surface area contributed by atoms with E-state index in [1.54, 1.807) is 0 Å². The SMILES string of the molecule is Cc1cc(C)c([C@@H](C)NC(=O)c2ccc(CN3CCc4ccccc4C3)cc2)cc1C. The van der Waals surface area contributed by atoms with Gasteiger partial charge in [-0.15, -0.1) is 0 Å². The average molecular weight is 413 g/mol. The second kappa shape index (κ2) is 9.07. The van der Waals surface area contributed by atoms with Crippen molar-refractivity contribution in [3.8, 4) is 0 Å². The largest absolute Gasteiger partial charge is 0.346 e. The molecular weight excluding hydrogens is 380 g/mol. The van der Waals surface area contributed by atoms with Crippen LogP contribution < -0.4 is 5.32 Å². The Kier molecular flexibility index (Phi) is 6.24. The van der Waals surface area contributed by atoms with Crippen LogP contribution in [0.5, 0.6) is 0 Å². The van der Waals surface area contributed by atoms with Crippen molar-refractivity contribution in [2.45, 2.75) is 53.2 Å². The number of fused-ring (bicyclic) bond motifs is 1. The summed E-state index contributed by atoms with van der Waals surface area (Å²) in [5.74, 6) is -0.0245. The minimum atomic E-state index is -0.0279. The van der Waals surface area contributed by atoms with E-state index in [0.29, 0.717) is 5.56 Å². The van der Waals surface area contributed by atoms with Gasteiger partial charge < -0.3 is 5.32 Å². The van der Waals surface area contributed by atoms with Gasteiger partial charge in [-0.05, 0) is 85.2 Å². The number of benzene rings is 3. The molecule has 1 heterocycles. The van der Waals surface area contributed by atoms with Crippen molar-refractivity contribution >= 4 is 5.91 Å². The zero-order valence-corrected chi connectivity index (χ0v) is 19.0. The fourth-order valence-electron chi connectivity index (χ4n) is 4.52. The van der Waals surface area contributed by atoms with Crippen LogP contribution in [0.1, 0.15) is 62.3 Å². The van der Waals surface area contributed by atoms with Gasteiger partial charge in [0, 0.05) is 25.2 Å². The number of aryl methyl sites for hydroxylation is 3. The van der Waals surface area contributed by atoms with Gasteiger partial charge in [0.1, 0.15) is 0 Å². The van der Waals surface area contributed by atoms with Gasteiger partial charge in [-0.25, -0.2) is 0 Å². The van der Waals surface area contributed by atoms with Crippen molar-refractivity contribution in [2.75, 3.05) is 6.54 Å². The first-order chi connectivity index (χ1) is 14.9. The van der Waals surface area contributed by atoms with Crippen LogP contribution in [0.2, 0.25) is 0 Å². The van der Waals surface area contributed by atoms with Gasteiger partial charge in [-0.3, -0.25) is 9.69 Å². The van der Waals surface area contributed by atoms with Crippen LogP contribution in [-0.2, 0) is 19.5 Å². The standard InChI is InChI=1S/C28H32N2O/c1-19-15-21(3)27(16-20(19)2)22(4)29-28(31)25-11-9-23(10-12-25)17-30-14-13-24-7-5-6-8-26(24)18-30/h5-12,15-16,22H,13-14,17-18H2,1-4H3,(H,29,31)/t22-/m1/s1. The number of nitrogens with one attached hydrogen (secondary N) is 1. The summed E-state index contributed by atoms with van der Waals surface area (Å²) in [6.07, 6.45) is 1.10. The summed E-state index contributed by atoms with van der Waals surface area (Å²) in [5.41, 5.74) is 9.79. The Balaban J connectivity index is 1.38. The number of hydrogen-bond donors (Lipinski definition) is 1. The second-order valence-electron chi connectivity index (χ2n) is 8.91. The topological polar surface area (TPSA) is 32.3 Å². The molecule has 0 aromatic heterocycles. The highest BCUT2D eigenvalue weighted by atomic mass is 16.1. The third-order valence-corrected chi connectivity index (χ3v) is 6.53. The molecule has 0 aliphatic carbocycles. The monoisotopic (exact) mass is 412 g/mol. The molecule has 0 saturated carbocycles. The lowest BCUT2D eigenvalue weighted by Crippen LogP contribution is -2.30. The summed E-state index contributed by atoms with van der Waals surface area (Å²) in [5, 5.41) is 3.16. The van der Waals surface area contributed by atoms with Gasteiger partial charge in [0.15, 0.2) is 0 Å². The predicted molar refractivity (Wildman–Crippen MR) is 127 cm³/mol. The van der Waals surface area contributed by atoms with Crippen molar-refractivity contribution in [3.63, 3.8) is 0 Å². The Morgan fingerprint density at radius 3 is 2.35 bits per heavy atom. The normalized spacial score (nSPS) is 14.7. The molecular formula is C28H32N2O. The van der Waals surface area contributed by atoms with Crippen molar-refractivity contribution < 1.29 is 4.79 Å². The fraction of sp³-hybridized carbons (Fsp3) is 0.321. The maximum Gasteiger partial charge on any atom is 0.251 e. The van der Waals surface area contributed by atoms with Crippen molar-refractivity contribution in [3.05, 3.63) is 105 Å². The molecule has 0 bridgehead atoms. The van der Waals surface area contributed by atoms with Crippen LogP contribution >= 0.6 is 0 Å². The fourth-order valence-corrected chi connectivity index (χ4v) is 4.52. The van der Waals surface area contributed by atoms with E-state index in [1.165, 1.54) is 38.9 Å². The van der Waals surface area contributed by atoms with Crippen LogP contribution in [0.25, 0.3) is 0 Å². The van der Waals surface area contributed by atoms with Gasteiger partial charge in [0.25, 0.3) is 5.91 Å². The van der Waals surface area contributed by atoms with Crippen LogP contribution in [0.3, 0.4) is 0 Å². The van der Waals surface area contributed by atoms with E-state index in [9.17, 15) is 4.79 Å². The van der Waals surface area contributed by atoms with Gasteiger partial charge in [-0.1, -0.05) is 48.5 Å². The minimum Gasteiger partial charge on any atom is -0.346 e. The third-order valence-electron chi connectivity index (χ3n) is 6.53. The van der Waals surface area contributed by atoms with Gasteiger partial charge >= 0.3 is 0 Å². The highest BCUT2D eigenvalue weighted by Crippen LogP contribution is 2.23. The van der Waals surface area contributed by atoms with Crippen molar-refractivity contribution in [1.29, 1.82) is 0 Å². The first kappa shape index (κ1) is 21.3. The summed E-state index contributed by atoms with van der Waals surface area (Å²) >= 11 is 0. The number of hydrogen-bond acceptors (Lipinski definition) is 2. The smallest absolute Gasteiger partial charge is 0.251 e. The van der Waals surface area contributed by atoms with Gasteiger partial charge in [-0.2, -0.15) is 0 Å². The molecule has 1 N–H and O–H groups in total. The van der Waals surface area contributed by atoms with Crippen molar-refractivity contribution in [2.24, 2.45) is 0 Å². The lowest BCUT2D eigenvalue weighted by atomic mass is 9.96. The average Bonchev–Trinajstić information content (AvgIpc) is 2.76. The zero-order chi connectivity index (χ0) is 22.0. The van der Waals surface area contributed by atoms with E-state index in [0.717, 1.165) is 26.1 Å². The molecule has 1 amide bonds. The van der Waals surface area contributed by atoms with Gasteiger partial charge in [0.2, 0.25) is 0 Å². The number of carbonyl (C=O) groups is 1. The maximum atomic E-state index is 12.8. The summed E-state index contributed by atoms with van der Waals surface area (Å²) in [4.78, 5) is 15.3. The van der Waals surface area contributed by atoms with Crippen LogP contribution in [0.15, 0.2) is 60.7 Å². The number of carbonyl (C=O) groups excluding carboxylic acids is 1. The summed E-state index contributed by atoms with van der Waals surface area (Å²) in [6.45, 7) is 11.4. The van der Waals surface area contributed by atoms with Gasteiger partial charge in [0.05, 0.1) is 6.04 Å². The molecule has 1 aliphatic heterocycles. The Bertz CT molecular complexity index is 1080. The Hall–Kier alpha value is -2.91. The van der Waals surface area contributed by atoms with Crippen LogP contribution in [0, 0.1) is 20.8 Å². The molecule has 1 atom stereocenters. The molecule has 3 aromatic rings. The molecule has 0 saturated heterocycles. The molecule has 0 unspecified atom stereocenters. The molecule has 0 fully saturated rings. The molecule has 4 rings (SSSR count). The maximum absolute atomic E-state index is 12.8. The van der Waals surface area contributed by atoms with E-state index in [1.807, 2.05) is 12.1 Å². The number of rotatable bonds is 5. The summed E-state index contributed by atoms with van der Waals surface area (Å²) in [7, 11) is 0. The van der Waals surface area contributed by atoms with E-state index in [4.69, 9.17) is 0 Å². The molecule has 3 nitrogen and oxygen atoms in total. The van der Waals surface area contributed by atoms with Crippen molar-refractivity contribution in [1.82, 2.24) is 10.2 Å². The quantitative estimate of drug-likeness (QED) is 0.586. The van der Waals surface area contributed by atoms with E-state index >= 15 is 0 Å². The first-order valence-electron chi connectivity index (χ1n) is 11.2. The second-order valence-corrected chi connectivity index (χ2v) is 8.91. The Morgan fingerprint density at radius 1 is 0.935 bits per heavy atom. The molecule has 0 spiro atoms. The minimum absolute atomic E-state index is 0.0245. The molecule has 160 valence electrons. The first-order valence-corrected chi connectivity index (χ1v) is 11.2. The zero-order valence-electron chi connectivity index (χ0n) is 19.0. The molecule has 31 heavy (non-hydrogen) atoms. The highest BCUT2D eigenvalue weighted by Gasteiger charge is 2.17. The van der Waals surface area contributed by atoms with E-state index in [-0.39, 0.29) is 11.9 Å². The van der Waals surface area contributed by atoms with E-state index < -0.39 is 0 Å². The van der Waals surface area contributed by atoms with E-state index in [2.05, 4.69) is 86.4 Å². The lowest BCUT2D eigenvalue weighted by Gasteiger charge is -2.28. The third kappa shape index (κ3) is 4.88. The number of amides is 1. The molecule has 3 aromatic carbocycles. The van der Waals surface area contributed by atoms with Crippen LogP contribution in [0.4, 0.5) is 0 Å². The highest BCUT2D eigenvalue weighted by molar-refractivity contribution is 5.94. The lowest BCUT2D eigenvalue weighted by molar-refractivity contribution is 0.0940. The molecule has 1 aliphatic rings. The summed E-state index contributed by atoms with van der Waals surface area (Å²) < 4.78 is 0. The predicted octanol–water partition coefficient (Wildman–Crippen LogP) is 5.66. The Morgan fingerprint density at radius 2 is 1.61 bits per heavy atom. The molecule has 3 heteroatoms.